The quantitative estimate of drug-likeness (QED) is 0.795. The van der Waals surface area contributed by atoms with Gasteiger partial charge in [-0.2, -0.15) is 15.8 Å². The van der Waals surface area contributed by atoms with Crippen molar-refractivity contribution in [1.82, 2.24) is 4.90 Å². The molecule has 1 unspecified atom stereocenters. The number of nitrogens with one attached hydrogen (secondary N) is 1. The van der Waals surface area contributed by atoms with E-state index in [-0.39, 0.29) is 17.3 Å². The van der Waals surface area contributed by atoms with Crippen LogP contribution in [-0.4, -0.2) is 29.7 Å². The third-order valence-electron chi connectivity index (χ3n) is 5.85. The van der Waals surface area contributed by atoms with Crippen molar-refractivity contribution in [3.8, 4) is 18.2 Å². The molecule has 7 heteroatoms. The van der Waals surface area contributed by atoms with Crippen molar-refractivity contribution in [2.45, 2.75) is 25.8 Å². The number of fused-ring (bicyclic) bond motifs is 1. The number of hydrogen-bond acceptors (Lipinski definition) is 5. The average molecular weight is 379 g/mol. The molecule has 0 spiro atoms. The first-order chi connectivity index (χ1) is 13.3. The van der Waals surface area contributed by atoms with Gasteiger partial charge in [-0.15, -0.1) is 0 Å². The van der Waals surface area contributed by atoms with Crippen molar-refractivity contribution in [2.75, 3.05) is 13.1 Å². The molecule has 0 aromatic heterocycles. The van der Waals surface area contributed by atoms with E-state index in [4.69, 9.17) is 5.41 Å². The number of halogens is 2. The SMILES string of the molecule is CC(C)N1CC=C2C(C#N)C(=N)C(C#N)(C#N)[C@@H](c3ccc(F)cc3F)[C@@H]2C1. The second-order valence-electron chi connectivity index (χ2n) is 7.51. The van der Waals surface area contributed by atoms with Gasteiger partial charge in [-0.3, -0.25) is 4.90 Å². The highest BCUT2D eigenvalue weighted by molar-refractivity contribution is 6.00. The summed E-state index contributed by atoms with van der Waals surface area (Å²) in [6.07, 6.45) is 1.85. The molecule has 3 rings (SSSR count). The van der Waals surface area contributed by atoms with Gasteiger partial charge in [0.05, 0.1) is 23.9 Å². The molecule has 28 heavy (non-hydrogen) atoms. The Hall–Kier alpha value is -3.08. The lowest BCUT2D eigenvalue weighted by Gasteiger charge is -2.48. The minimum Gasteiger partial charge on any atom is -0.305 e. The first kappa shape index (κ1) is 19.7. The standard InChI is InChI=1S/C21H19F2N5/c1-12(2)28-6-5-14-16(8-24)20(27)21(10-25,11-26)19(17(14)9-28)15-4-3-13(22)7-18(15)23/h3-5,7,12,16-17,19,27H,6,9H2,1-2H3/t16?,17-,19+/m1/s1. The summed E-state index contributed by atoms with van der Waals surface area (Å²) in [5, 5.41) is 38.0. The van der Waals surface area contributed by atoms with E-state index >= 15 is 0 Å². The largest absolute Gasteiger partial charge is 0.305 e. The van der Waals surface area contributed by atoms with Crippen LogP contribution in [0, 0.1) is 68.3 Å². The van der Waals surface area contributed by atoms with Crippen molar-refractivity contribution in [1.29, 1.82) is 21.2 Å². The zero-order valence-electron chi connectivity index (χ0n) is 15.6. The molecule has 1 fully saturated rings. The maximum atomic E-state index is 14.7. The third kappa shape index (κ3) is 2.78. The van der Waals surface area contributed by atoms with E-state index in [0.29, 0.717) is 18.7 Å². The molecule has 0 radical (unpaired) electrons. The summed E-state index contributed by atoms with van der Waals surface area (Å²) in [4.78, 5) is 2.10. The van der Waals surface area contributed by atoms with Crippen molar-refractivity contribution in [3.63, 3.8) is 0 Å². The van der Waals surface area contributed by atoms with Gasteiger partial charge in [-0.05, 0) is 31.1 Å². The Labute approximate surface area is 162 Å². The van der Waals surface area contributed by atoms with Crippen LogP contribution in [0.15, 0.2) is 29.8 Å². The lowest BCUT2D eigenvalue weighted by Crippen LogP contribution is -2.53. The molecule has 1 heterocycles. The molecule has 1 N–H and O–H groups in total. The van der Waals surface area contributed by atoms with Crippen LogP contribution in [0.25, 0.3) is 0 Å². The molecule has 1 aromatic carbocycles. The van der Waals surface area contributed by atoms with E-state index < -0.39 is 34.8 Å². The fourth-order valence-corrected chi connectivity index (χ4v) is 4.35. The first-order valence-electron chi connectivity index (χ1n) is 9.00. The van der Waals surface area contributed by atoms with Gasteiger partial charge in [0.1, 0.15) is 17.6 Å². The summed E-state index contributed by atoms with van der Waals surface area (Å²) >= 11 is 0. The van der Waals surface area contributed by atoms with E-state index in [1.165, 1.54) is 6.07 Å². The van der Waals surface area contributed by atoms with Gasteiger partial charge < -0.3 is 5.41 Å². The zero-order valence-corrected chi connectivity index (χ0v) is 15.6. The Morgan fingerprint density at radius 3 is 2.43 bits per heavy atom. The Morgan fingerprint density at radius 2 is 1.89 bits per heavy atom. The Bertz CT molecular complexity index is 962. The summed E-state index contributed by atoms with van der Waals surface area (Å²) in [5.41, 5.74) is -1.68. The highest BCUT2D eigenvalue weighted by atomic mass is 19.1. The van der Waals surface area contributed by atoms with Crippen molar-refractivity contribution in [3.05, 3.63) is 47.0 Å². The maximum absolute atomic E-state index is 14.7. The lowest BCUT2D eigenvalue weighted by atomic mass is 9.54. The molecule has 1 aliphatic heterocycles. The lowest BCUT2D eigenvalue weighted by molar-refractivity contribution is 0.170. The monoisotopic (exact) mass is 379 g/mol. The van der Waals surface area contributed by atoms with Gasteiger partial charge >= 0.3 is 0 Å². The Kier molecular flexibility index (Phi) is 5.02. The topological polar surface area (TPSA) is 98.5 Å². The summed E-state index contributed by atoms with van der Waals surface area (Å²) in [5.74, 6) is -4.13. The number of nitrogens with zero attached hydrogens (tertiary/aromatic N) is 4. The van der Waals surface area contributed by atoms with Gasteiger partial charge in [0, 0.05) is 37.0 Å². The van der Waals surface area contributed by atoms with E-state index in [2.05, 4.69) is 4.90 Å². The number of benzene rings is 1. The molecule has 0 bridgehead atoms. The van der Waals surface area contributed by atoms with E-state index in [0.717, 1.165) is 12.1 Å². The minimum absolute atomic E-state index is 0.0205. The molecule has 1 saturated carbocycles. The second kappa shape index (κ2) is 7.15. The summed E-state index contributed by atoms with van der Waals surface area (Å²) in [6, 6.07) is 9.08. The molecule has 142 valence electrons. The van der Waals surface area contributed by atoms with Gasteiger partial charge in [-0.25, -0.2) is 8.78 Å². The molecular weight excluding hydrogens is 360 g/mol. The Morgan fingerprint density at radius 1 is 1.21 bits per heavy atom. The van der Waals surface area contributed by atoms with Crippen LogP contribution < -0.4 is 0 Å². The van der Waals surface area contributed by atoms with Crippen molar-refractivity contribution < 1.29 is 8.78 Å². The second-order valence-corrected chi connectivity index (χ2v) is 7.51. The maximum Gasteiger partial charge on any atom is 0.189 e. The summed E-state index contributed by atoms with van der Waals surface area (Å²) in [6.45, 7) is 4.99. The van der Waals surface area contributed by atoms with Gasteiger partial charge in [0.15, 0.2) is 5.41 Å². The summed E-state index contributed by atoms with van der Waals surface area (Å²) < 4.78 is 28.2. The highest BCUT2D eigenvalue weighted by Crippen LogP contribution is 2.53. The van der Waals surface area contributed by atoms with Crippen LogP contribution in [0.1, 0.15) is 25.3 Å². The fraction of sp³-hybridized carbons (Fsp3) is 0.429. The van der Waals surface area contributed by atoms with Crippen molar-refractivity contribution in [2.24, 2.45) is 17.3 Å². The van der Waals surface area contributed by atoms with E-state index in [9.17, 15) is 24.6 Å². The fourth-order valence-electron chi connectivity index (χ4n) is 4.35. The molecule has 0 amide bonds. The van der Waals surface area contributed by atoms with Crippen LogP contribution in [0.4, 0.5) is 8.78 Å². The van der Waals surface area contributed by atoms with Crippen LogP contribution in [0.3, 0.4) is 0 Å². The predicted octanol–water partition coefficient (Wildman–Crippen LogP) is 3.52. The van der Waals surface area contributed by atoms with Gasteiger partial charge in [-0.1, -0.05) is 12.1 Å². The highest BCUT2D eigenvalue weighted by Gasteiger charge is 2.58. The van der Waals surface area contributed by atoms with Gasteiger partial charge in [0.25, 0.3) is 0 Å². The third-order valence-corrected chi connectivity index (χ3v) is 5.85. The van der Waals surface area contributed by atoms with Crippen LogP contribution in [0.2, 0.25) is 0 Å². The predicted molar refractivity (Wildman–Crippen MR) is 97.9 cm³/mol. The molecule has 3 atom stereocenters. The first-order valence-corrected chi connectivity index (χ1v) is 9.00. The van der Waals surface area contributed by atoms with Crippen molar-refractivity contribution >= 4 is 5.71 Å². The number of nitriles is 3. The van der Waals surface area contributed by atoms with E-state index in [1.807, 2.05) is 38.1 Å². The van der Waals surface area contributed by atoms with Crippen LogP contribution in [0.5, 0.6) is 0 Å². The Balaban J connectivity index is 2.28. The minimum atomic E-state index is -2.00. The molecule has 1 aromatic rings. The molecule has 0 saturated heterocycles. The average Bonchev–Trinajstić information content (AvgIpc) is 2.67. The number of hydrogen-bond donors (Lipinski definition) is 1. The molecule has 1 aliphatic carbocycles. The summed E-state index contributed by atoms with van der Waals surface area (Å²) in [7, 11) is 0. The van der Waals surface area contributed by atoms with E-state index in [1.54, 1.807) is 0 Å². The smallest absolute Gasteiger partial charge is 0.189 e. The van der Waals surface area contributed by atoms with Crippen LogP contribution >= 0.6 is 0 Å². The van der Waals surface area contributed by atoms with Crippen LogP contribution in [-0.2, 0) is 0 Å². The molecule has 2 aliphatic rings. The number of rotatable bonds is 2. The zero-order chi connectivity index (χ0) is 20.6. The normalized spacial score (nSPS) is 26.6. The van der Waals surface area contributed by atoms with Gasteiger partial charge in [0.2, 0.25) is 0 Å². The molecule has 5 nitrogen and oxygen atoms in total. The molecular formula is C21H19F2N5.